The quantitative estimate of drug-likeness (QED) is 0.0261. The second kappa shape index (κ2) is 62.9. The van der Waals surface area contributed by atoms with Gasteiger partial charge in [-0.1, -0.05) is 272 Å². The molecule has 0 spiro atoms. The summed E-state index contributed by atoms with van der Waals surface area (Å²) in [6.07, 6.45) is 84.2. The fraction of sp³-hybridized carbons (Fsp3) is 0.725. The first kappa shape index (κ1) is 71.3. The minimum atomic E-state index is -0.812. The van der Waals surface area contributed by atoms with E-state index in [1.807, 2.05) is 6.08 Å². The molecule has 0 aliphatic carbocycles. The summed E-state index contributed by atoms with van der Waals surface area (Å²) in [7, 11) is 0. The van der Waals surface area contributed by atoms with Crippen LogP contribution in [0.25, 0.3) is 0 Å². The Labute approximate surface area is 464 Å². The van der Waals surface area contributed by atoms with E-state index >= 15 is 0 Å². The summed E-state index contributed by atoms with van der Waals surface area (Å²) in [6.45, 7) is 6.48. The molecule has 0 aromatic carbocycles. The number of esters is 3. The lowest BCUT2D eigenvalue weighted by molar-refractivity contribution is -0.166. The smallest absolute Gasteiger partial charge is 0.306 e. The summed E-state index contributed by atoms with van der Waals surface area (Å²) in [5.41, 5.74) is 0. The summed E-state index contributed by atoms with van der Waals surface area (Å²) in [5.74, 6) is -0.986. The van der Waals surface area contributed by atoms with Gasteiger partial charge >= 0.3 is 17.9 Å². The maximum absolute atomic E-state index is 12.9. The molecule has 1 atom stereocenters. The maximum atomic E-state index is 12.9. The highest BCUT2D eigenvalue weighted by Gasteiger charge is 2.19. The molecule has 0 N–H and O–H groups in total. The third-order valence-electron chi connectivity index (χ3n) is 13.6. The molecule has 0 aromatic heterocycles. The number of ether oxygens (including phenoxy) is 3. The zero-order chi connectivity index (χ0) is 54.3. The van der Waals surface area contributed by atoms with Gasteiger partial charge in [0.1, 0.15) is 13.2 Å². The minimum absolute atomic E-state index is 0.102. The highest BCUT2D eigenvalue weighted by Crippen LogP contribution is 2.16. The molecule has 0 rings (SSSR count). The second-order valence-corrected chi connectivity index (χ2v) is 20.9. The van der Waals surface area contributed by atoms with Gasteiger partial charge < -0.3 is 14.2 Å². The number of allylic oxidation sites excluding steroid dienone is 16. The maximum Gasteiger partial charge on any atom is 0.306 e. The largest absolute Gasteiger partial charge is 0.462 e. The van der Waals surface area contributed by atoms with Crippen LogP contribution in [0.4, 0.5) is 0 Å². The van der Waals surface area contributed by atoms with Crippen molar-refractivity contribution in [1.29, 1.82) is 0 Å². The monoisotopic (exact) mass is 1040 g/mol. The molecule has 6 heteroatoms. The molecule has 0 saturated heterocycles. The Kier molecular flexibility index (Phi) is 59.8. The molecule has 430 valence electrons. The van der Waals surface area contributed by atoms with E-state index in [2.05, 4.69) is 112 Å². The van der Waals surface area contributed by atoms with Crippen LogP contribution >= 0.6 is 0 Å². The minimum Gasteiger partial charge on any atom is -0.462 e. The topological polar surface area (TPSA) is 78.9 Å². The molecule has 0 radical (unpaired) electrons. The first-order chi connectivity index (χ1) is 37.0. The van der Waals surface area contributed by atoms with Crippen LogP contribution in [0.2, 0.25) is 0 Å². The van der Waals surface area contributed by atoms with Crippen LogP contribution in [0.3, 0.4) is 0 Å². The molecule has 0 unspecified atom stereocenters. The molecule has 0 saturated carbocycles. The van der Waals surface area contributed by atoms with Gasteiger partial charge in [0.2, 0.25) is 0 Å². The van der Waals surface area contributed by atoms with Crippen molar-refractivity contribution in [3.8, 4) is 0 Å². The van der Waals surface area contributed by atoms with Crippen molar-refractivity contribution < 1.29 is 28.6 Å². The fourth-order valence-electron chi connectivity index (χ4n) is 8.81. The van der Waals surface area contributed by atoms with Gasteiger partial charge in [0.25, 0.3) is 0 Å². The number of hydrogen-bond acceptors (Lipinski definition) is 6. The number of hydrogen-bond donors (Lipinski definition) is 0. The molecule has 0 aliphatic heterocycles. The van der Waals surface area contributed by atoms with E-state index in [1.54, 1.807) is 0 Å². The normalized spacial score (nSPS) is 12.7. The molecule has 0 aromatic rings. The molecule has 75 heavy (non-hydrogen) atoms. The van der Waals surface area contributed by atoms with E-state index in [1.165, 1.54) is 180 Å². The van der Waals surface area contributed by atoms with E-state index in [-0.39, 0.29) is 37.5 Å². The van der Waals surface area contributed by atoms with Crippen molar-refractivity contribution in [2.24, 2.45) is 0 Å². The van der Waals surface area contributed by atoms with Gasteiger partial charge in [-0.15, -0.1) is 0 Å². The zero-order valence-corrected chi connectivity index (χ0v) is 49.3. The Balaban J connectivity index is 4.46. The lowest BCUT2D eigenvalue weighted by Gasteiger charge is -2.18. The van der Waals surface area contributed by atoms with Crippen molar-refractivity contribution in [3.05, 3.63) is 97.2 Å². The Hall–Kier alpha value is -3.67. The summed E-state index contributed by atoms with van der Waals surface area (Å²) < 4.78 is 16.9. The van der Waals surface area contributed by atoms with Gasteiger partial charge in [-0.05, 0) is 109 Å². The van der Waals surface area contributed by atoms with E-state index in [0.29, 0.717) is 19.3 Å². The van der Waals surface area contributed by atoms with Crippen LogP contribution in [-0.4, -0.2) is 37.2 Å². The van der Waals surface area contributed by atoms with E-state index < -0.39 is 6.10 Å². The van der Waals surface area contributed by atoms with E-state index in [4.69, 9.17) is 14.2 Å². The standard InChI is InChI=1S/C69H118O6/c1-4-7-10-13-16-19-22-25-28-31-33-34-36-39-41-44-47-50-53-56-59-62-68(71)74-65-66(75-69(72)63-60-57-54-51-48-45-42-37-30-27-24-21-18-15-12-9-6-3)64-73-67(70)61-58-55-52-49-46-43-40-38-35-32-29-26-23-20-17-14-11-8-5-2/h8,11,17,20,25-30,35,38,43,46,52,55,66H,4-7,9-10,12-16,18-19,21-24,31-34,36-37,39-42,44-45,47-51,53-54,56-65H2,1-3H3/b11-8-,20-17-,28-25-,29-26-,30-27-,38-35-,46-43-,55-52-/t66-/m1/s1. The average molecular weight is 1040 g/mol. The SMILES string of the molecule is CC/C=C\C/C=C\C/C=C\C/C=C\C/C=C\C/C=C\CCC(=O)OC[C@H](COC(=O)CCCCCCCCCCCCC/C=C\CCCCCCCC)OC(=O)CCCCCCCCC/C=C\CCCCCCCC. The Morgan fingerprint density at radius 2 is 0.547 bits per heavy atom. The van der Waals surface area contributed by atoms with Crippen molar-refractivity contribution in [2.75, 3.05) is 13.2 Å². The number of carbonyl (C=O) groups excluding carboxylic acids is 3. The molecule has 0 bridgehead atoms. The molecule has 6 nitrogen and oxygen atoms in total. The van der Waals surface area contributed by atoms with Gasteiger partial charge in [-0.2, -0.15) is 0 Å². The molecule has 0 amide bonds. The van der Waals surface area contributed by atoms with Gasteiger partial charge in [-0.25, -0.2) is 0 Å². The lowest BCUT2D eigenvalue weighted by Crippen LogP contribution is -2.30. The molecule has 0 heterocycles. The van der Waals surface area contributed by atoms with Gasteiger partial charge in [-0.3, -0.25) is 14.4 Å². The van der Waals surface area contributed by atoms with Crippen LogP contribution < -0.4 is 0 Å². The predicted molar refractivity (Wildman–Crippen MR) is 325 cm³/mol. The second-order valence-electron chi connectivity index (χ2n) is 20.9. The summed E-state index contributed by atoms with van der Waals surface area (Å²) >= 11 is 0. The summed E-state index contributed by atoms with van der Waals surface area (Å²) in [6, 6.07) is 0. The zero-order valence-electron chi connectivity index (χ0n) is 49.3. The number of unbranched alkanes of at least 4 members (excludes halogenated alkanes) is 30. The van der Waals surface area contributed by atoms with Crippen molar-refractivity contribution in [1.82, 2.24) is 0 Å². The van der Waals surface area contributed by atoms with E-state index in [9.17, 15) is 14.4 Å². The third-order valence-corrected chi connectivity index (χ3v) is 13.6. The predicted octanol–water partition coefficient (Wildman–Crippen LogP) is 21.7. The Morgan fingerprint density at radius 1 is 0.280 bits per heavy atom. The first-order valence-electron chi connectivity index (χ1n) is 31.7. The average Bonchev–Trinajstić information content (AvgIpc) is 3.41. The highest BCUT2D eigenvalue weighted by atomic mass is 16.6. The van der Waals surface area contributed by atoms with Crippen LogP contribution in [0.15, 0.2) is 97.2 Å². The molecule has 0 fully saturated rings. The van der Waals surface area contributed by atoms with Crippen LogP contribution in [0, 0.1) is 0 Å². The molecular weight excluding hydrogens is 925 g/mol. The van der Waals surface area contributed by atoms with Gasteiger partial charge in [0.05, 0.1) is 0 Å². The van der Waals surface area contributed by atoms with Crippen LogP contribution in [0.1, 0.15) is 303 Å². The number of carbonyl (C=O) groups is 3. The van der Waals surface area contributed by atoms with Crippen LogP contribution in [0.5, 0.6) is 0 Å². The summed E-state index contributed by atoms with van der Waals surface area (Å²) in [4.78, 5) is 38.3. The van der Waals surface area contributed by atoms with Gasteiger partial charge in [0, 0.05) is 19.3 Å². The van der Waals surface area contributed by atoms with E-state index in [0.717, 1.165) is 77.0 Å². The van der Waals surface area contributed by atoms with Crippen molar-refractivity contribution >= 4 is 17.9 Å². The molecular formula is C69H118O6. The third kappa shape index (κ3) is 61.1. The highest BCUT2D eigenvalue weighted by molar-refractivity contribution is 5.71. The lowest BCUT2D eigenvalue weighted by atomic mass is 10.0. The number of rotatable bonds is 57. The Bertz CT molecular complexity index is 1480. The van der Waals surface area contributed by atoms with Crippen LogP contribution in [-0.2, 0) is 28.6 Å². The molecule has 0 aliphatic rings. The van der Waals surface area contributed by atoms with Crippen molar-refractivity contribution in [2.45, 2.75) is 309 Å². The first-order valence-corrected chi connectivity index (χ1v) is 31.7. The van der Waals surface area contributed by atoms with Gasteiger partial charge in [0.15, 0.2) is 6.10 Å². The Morgan fingerprint density at radius 3 is 0.893 bits per heavy atom. The fourth-order valence-corrected chi connectivity index (χ4v) is 8.81. The van der Waals surface area contributed by atoms with Crippen molar-refractivity contribution in [3.63, 3.8) is 0 Å². The summed E-state index contributed by atoms with van der Waals surface area (Å²) in [5, 5.41) is 0.